The fourth-order valence-corrected chi connectivity index (χ4v) is 1.59. The summed E-state index contributed by atoms with van der Waals surface area (Å²) in [6.07, 6.45) is 1.50. The van der Waals surface area contributed by atoms with Crippen molar-refractivity contribution in [2.45, 2.75) is 32.7 Å². The van der Waals surface area contributed by atoms with E-state index >= 15 is 0 Å². The maximum atomic E-state index is 11.9. The van der Waals surface area contributed by atoms with E-state index in [-0.39, 0.29) is 11.9 Å². The molecule has 15 heavy (non-hydrogen) atoms. The molecule has 1 fully saturated rings. The van der Waals surface area contributed by atoms with E-state index in [1.54, 1.807) is 4.90 Å². The number of hydrogen-bond acceptors (Lipinski definition) is 3. The number of hydrogen-bond donors (Lipinski definition) is 2. The van der Waals surface area contributed by atoms with E-state index in [0.29, 0.717) is 13.1 Å². The predicted octanol–water partition coefficient (Wildman–Crippen LogP) is 0.0469. The topological polar surface area (TPSA) is 83.6 Å². The van der Waals surface area contributed by atoms with E-state index in [0.717, 1.165) is 12.8 Å². The third-order valence-electron chi connectivity index (χ3n) is 2.90. The van der Waals surface area contributed by atoms with E-state index in [2.05, 4.69) is 0 Å². The van der Waals surface area contributed by atoms with Crippen LogP contribution >= 0.6 is 0 Å². The highest BCUT2D eigenvalue weighted by atomic mass is 16.4. The van der Waals surface area contributed by atoms with Crippen LogP contribution in [0.1, 0.15) is 26.7 Å². The Morgan fingerprint density at radius 1 is 1.33 bits per heavy atom. The minimum atomic E-state index is -1.33. The van der Waals surface area contributed by atoms with Gasteiger partial charge in [-0.15, -0.1) is 0 Å². The lowest BCUT2D eigenvalue weighted by Gasteiger charge is -2.34. The summed E-state index contributed by atoms with van der Waals surface area (Å²) in [4.78, 5) is 24.4. The highest BCUT2D eigenvalue weighted by Crippen LogP contribution is 2.21. The first kappa shape index (κ1) is 12.0. The summed E-state index contributed by atoms with van der Waals surface area (Å²) in [5.74, 6) is -1.40. The number of carbonyl (C=O) groups is 2. The van der Waals surface area contributed by atoms with E-state index < -0.39 is 11.4 Å². The molecule has 0 atom stereocenters. The number of rotatable bonds is 2. The van der Waals surface area contributed by atoms with Crippen LogP contribution in [0.4, 0.5) is 0 Å². The quantitative estimate of drug-likeness (QED) is 0.636. The van der Waals surface area contributed by atoms with Crippen LogP contribution in [0.15, 0.2) is 0 Å². The minimum Gasteiger partial charge on any atom is -0.480 e. The van der Waals surface area contributed by atoms with Crippen molar-refractivity contribution in [1.82, 2.24) is 4.90 Å². The molecule has 0 bridgehead atoms. The molecule has 1 rings (SSSR count). The molecule has 0 aromatic rings. The number of carbonyl (C=O) groups excluding carboxylic acids is 1. The van der Waals surface area contributed by atoms with Gasteiger partial charge in [-0.05, 0) is 26.7 Å². The Morgan fingerprint density at radius 2 is 1.80 bits per heavy atom. The molecule has 5 nitrogen and oxygen atoms in total. The van der Waals surface area contributed by atoms with Gasteiger partial charge < -0.3 is 15.7 Å². The van der Waals surface area contributed by atoms with Gasteiger partial charge in [-0.1, -0.05) is 0 Å². The average molecular weight is 214 g/mol. The Hall–Kier alpha value is -1.10. The molecule has 86 valence electrons. The van der Waals surface area contributed by atoms with Gasteiger partial charge in [-0.3, -0.25) is 9.59 Å². The van der Waals surface area contributed by atoms with Crippen LogP contribution in [-0.4, -0.2) is 41.0 Å². The van der Waals surface area contributed by atoms with Gasteiger partial charge in [0.1, 0.15) is 5.41 Å². The Kier molecular flexibility index (Phi) is 3.34. The summed E-state index contributed by atoms with van der Waals surface area (Å²) in [6, 6.07) is 0.141. The molecule has 0 spiro atoms. The monoisotopic (exact) mass is 214 g/mol. The number of nitrogens with zero attached hydrogens (tertiary/aromatic N) is 1. The fourth-order valence-electron chi connectivity index (χ4n) is 1.59. The smallest absolute Gasteiger partial charge is 0.318 e. The Morgan fingerprint density at radius 3 is 2.20 bits per heavy atom. The second-order valence-corrected chi connectivity index (χ2v) is 4.56. The minimum absolute atomic E-state index is 0.141. The molecule has 3 N–H and O–H groups in total. The molecule has 1 amide bonds. The van der Waals surface area contributed by atoms with Gasteiger partial charge in [0.2, 0.25) is 5.91 Å². The molecule has 1 aliphatic rings. The SMILES string of the molecule is CC(C)(C(=O)O)C(=O)N1CCC(N)CC1. The molecule has 0 aromatic carbocycles. The summed E-state index contributed by atoms with van der Waals surface area (Å²) in [5, 5.41) is 8.92. The molecule has 0 aliphatic carbocycles. The number of carboxylic acid groups (broad SMARTS) is 1. The van der Waals surface area contributed by atoms with Gasteiger partial charge in [0.15, 0.2) is 0 Å². The largest absolute Gasteiger partial charge is 0.480 e. The Labute approximate surface area is 89.2 Å². The van der Waals surface area contributed by atoms with Gasteiger partial charge in [-0.25, -0.2) is 0 Å². The van der Waals surface area contributed by atoms with Crippen molar-refractivity contribution in [3.63, 3.8) is 0 Å². The molecule has 1 saturated heterocycles. The first-order valence-corrected chi connectivity index (χ1v) is 5.14. The summed E-state index contributed by atoms with van der Waals surface area (Å²) < 4.78 is 0. The first-order chi connectivity index (χ1) is 6.85. The predicted molar refractivity (Wildman–Crippen MR) is 55.2 cm³/mol. The van der Waals surface area contributed by atoms with E-state index in [1.165, 1.54) is 13.8 Å². The first-order valence-electron chi connectivity index (χ1n) is 5.14. The van der Waals surface area contributed by atoms with Gasteiger partial charge in [-0.2, -0.15) is 0 Å². The molecular weight excluding hydrogens is 196 g/mol. The van der Waals surface area contributed by atoms with Gasteiger partial charge in [0, 0.05) is 19.1 Å². The lowest BCUT2D eigenvalue weighted by atomic mass is 9.90. The Balaban J connectivity index is 2.65. The zero-order valence-corrected chi connectivity index (χ0v) is 9.19. The molecule has 0 aromatic heterocycles. The molecule has 0 saturated carbocycles. The van der Waals surface area contributed by atoms with Crippen molar-refractivity contribution < 1.29 is 14.7 Å². The third-order valence-corrected chi connectivity index (χ3v) is 2.90. The molecule has 1 heterocycles. The average Bonchev–Trinajstić information content (AvgIpc) is 2.17. The summed E-state index contributed by atoms with van der Waals surface area (Å²) >= 11 is 0. The number of nitrogens with two attached hydrogens (primary N) is 1. The lowest BCUT2D eigenvalue weighted by Crippen LogP contribution is -2.50. The van der Waals surface area contributed by atoms with Crippen LogP contribution in [0.5, 0.6) is 0 Å². The zero-order chi connectivity index (χ0) is 11.6. The molecule has 0 unspecified atom stereocenters. The number of amides is 1. The van der Waals surface area contributed by atoms with E-state index in [4.69, 9.17) is 10.8 Å². The van der Waals surface area contributed by atoms with Crippen LogP contribution in [0.25, 0.3) is 0 Å². The number of piperidine rings is 1. The van der Waals surface area contributed by atoms with Crippen LogP contribution < -0.4 is 5.73 Å². The standard InChI is InChI=1S/C10H18N2O3/c1-10(2,9(14)15)8(13)12-5-3-7(11)4-6-12/h7H,3-6,11H2,1-2H3,(H,14,15). The number of likely N-dealkylation sites (tertiary alicyclic amines) is 1. The van der Waals surface area contributed by atoms with Gasteiger partial charge in [0.25, 0.3) is 0 Å². The van der Waals surface area contributed by atoms with Crippen molar-refractivity contribution in [3.05, 3.63) is 0 Å². The number of aliphatic carboxylic acids is 1. The second-order valence-electron chi connectivity index (χ2n) is 4.56. The van der Waals surface area contributed by atoms with Crippen molar-refractivity contribution in [3.8, 4) is 0 Å². The maximum Gasteiger partial charge on any atom is 0.318 e. The summed E-state index contributed by atoms with van der Waals surface area (Å²) in [5.41, 5.74) is 4.38. The van der Waals surface area contributed by atoms with Gasteiger partial charge >= 0.3 is 5.97 Å². The fraction of sp³-hybridized carbons (Fsp3) is 0.800. The van der Waals surface area contributed by atoms with Crippen molar-refractivity contribution in [2.75, 3.05) is 13.1 Å². The summed E-state index contributed by atoms with van der Waals surface area (Å²) in [7, 11) is 0. The highest BCUT2D eigenvalue weighted by molar-refractivity contribution is 6.01. The second kappa shape index (κ2) is 4.18. The Bertz CT molecular complexity index is 268. The highest BCUT2D eigenvalue weighted by Gasteiger charge is 2.39. The molecule has 5 heteroatoms. The third kappa shape index (κ3) is 2.47. The normalized spacial score (nSPS) is 19.0. The van der Waals surface area contributed by atoms with Crippen LogP contribution in [0.3, 0.4) is 0 Å². The number of carboxylic acids is 1. The maximum absolute atomic E-state index is 11.9. The van der Waals surface area contributed by atoms with Crippen LogP contribution in [-0.2, 0) is 9.59 Å². The summed E-state index contributed by atoms with van der Waals surface area (Å²) in [6.45, 7) is 4.01. The van der Waals surface area contributed by atoms with Crippen LogP contribution in [0, 0.1) is 5.41 Å². The van der Waals surface area contributed by atoms with Gasteiger partial charge in [0.05, 0.1) is 0 Å². The van der Waals surface area contributed by atoms with E-state index in [1.807, 2.05) is 0 Å². The van der Waals surface area contributed by atoms with Crippen LogP contribution in [0.2, 0.25) is 0 Å². The van der Waals surface area contributed by atoms with Crippen molar-refractivity contribution in [1.29, 1.82) is 0 Å². The van der Waals surface area contributed by atoms with Crippen molar-refractivity contribution in [2.24, 2.45) is 11.1 Å². The molecule has 1 aliphatic heterocycles. The molecule has 0 radical (unpaired) electrons. The lowest BCUT2D eigenvalue weighted by molar-refractivity contribution is -0.158. The zero-order valence-electron chi connectivity index (χ0n) is 9.19. The molecular formula is C10H18N2O3. The van der Waals surface area contributed by atoms with E-state index in [9.17, 15) is 9.59 Å². The van der Waals surface area contributed by atoms with Crippen molar-refractivity contribution >= 4 is 11.9 Å².